The molecular weight excluding hydrogens is 252 g/mol. The van der Waals surface area contributed by atoms with Gasteiger partial charge in [0, 0.05) is 18.8 Å². The molecule has 112 valence electrons. The minimum Gasteiger partial charge on any atom is -0.396 e. The Hall–Kier alpha value is -1.55. The molecular formula is C16H26N2O2. The molecule has 4 heteroatoms. The average molecular weight is 278 g/mol. The summed E-state index contributed by atoms with van der Waals surface area (Å²) in [5.74, 6) is 0.343. The van der Waals surface area contributed by atoms with Gasteiger partial charge in [-0.05, 0) is 55.9 Å². The van der Waals surface area contributed by atoms with Crippen molar-refractivity contribution in [2.24, 2.45) is 5.92 Å². The second-order valence-electron chi connectivity index (χ2n) is 5.38. The molecule has 0 bridgehead atoms. The van der Waals surface area contributed by atoms with Crippen LogP contribution >= 0.6 is 0 Å². The topological polar surface area (TPSA) is 61.4 Å². The van der Waals surface area contributed by atoms with Gasteiger partial charge in [0.2, 0.25) is 0 Å². The maximum absolute atomic E-state index is 11.9. The molecule has 0 radical (unpaired) electrons. The van der Waals surface area contributed by atoms with Crippen molar-refractivity contribution in [1.82, 2.24) is 5.32 Å². The summed E-state index contributed by atoms with van der Waals surface area (Å²) in [6.45, 7) is 6.90. The van der Waals surface area contributed by atoms with Crippen LogP contribution in [0, 0.1) is 19.8 Å². The monoisotopic (exact) mass is 278 g/mol. The van der Waals surface area contributed by atoms with Crippen molar-refractivity contribution in [3.8, 4) is 0 Å². The van der Waals surface area contributed by atoms with Crippen LogP contribution in [0.3, 0.4) is 0 Å². The highest BCUT2D eigenvalue weighted by atomic mass is 16.3. The maximum Gasteiger partial charge on any atom is 0.319 e. The number of carbonyl (C=O) groups excluding carboxylic acids is 1. The van der Waals surface area contributed by atoms with Gasteiger partial charge in [0.05, 0.1) is 0 Å². The number of carbonyl (C=O) groups is 1. The molecule has 1 unspecified atom stereocenters. The highest BCUT2D eigenvalue weighted by molar-refractivity contribution is 5.89. The Bertz CT molecular complexity index is 406. The van der Waals surface area contributed by atoms with Gasteiger partial charge in [0.25, 0.3) is 0 Å². The summed E-state index contributed by atoms with van der Waals surface area (Å²) in [6.07, 6.45) is 2.81. The number of benzene rings is 1. The van der Waals surface area contributed by atoms with Gasteiger partial charge >= 0.3 is 6.03 Å². The van der Waals surface area contributed by atoms with Gasteiger partial charge in [0.1, 0.15) is 0 Å². The summed E-state index contributed by atoms with van der Waals surface area (Å²) in [5.41, 5.74) is 3.07. The number of aliphatic hydroxyl groups is 1. The predicted octanol–water partition coefficient (Wildman–Crippen LogP) is 3.22. The van der Waals surface area contributed by atoms with Crippen LogP contribution in [-0.2, 0) is 0 Å². The van der Waals surface area contributed by atoms with Crippen LogP contribution in [0.25, 0.3) is 0 Å². The summed E-state index contributed by atoms with van der Waals surface area (Å²) in [5, 5.41) is 14.7. The largest absolute Gasteiger partial charge is 0.396 e. The smallest absolute Gasteiger partial charge is 0.319 e. The molecule has 0 fully saturated rings. The van der Waals surface area contributed by atoms with Gasteiger partial charge in [-0.15, -0.1) is 0 Å². The number of hydrogen-bond acceptors (Lipinski definition) is 2. The Morgan fingerprint density at radius 3 is 2.40 bits per heavy atom. The van der Waals surface area contributed by atoms with Crippen LogP contribution in [0.15, 0.2) is 18.2 Å². The third kappa shape index (κ3) is 6.06. The number of amides is 2. The van der Waals surface area contributed by atoms with Crippen molar-refractivity contribution in [2.75, 3.05) is 18.5 Å². The first-order chi connectivity index (χ1) is 9.55. The van der Waals surface area contributed by atoms with Crippen LogP contribution in [0.5, 0.6) is 0 Å². The van der Waals surface area contributed by atoms with E-state index in [1.54, 1.807) is 0 Å². The minimum atomic E-state index is -0.186. The molecule has 1 aromatic carbocycles. The second kappa shape index (κ2) is 8.59. The van der Waals surface area contributed by atoms with Crippen molar-refractivity contribution in [3.63, 3.8) is 0 Å². The summed E-state index contributed by atoms with van der Waals surface area (Å²) in [6, 6.07) is 5.78. The fourth-order valence-electron chi connectivity index (χ4n) is 2.40. The Kier molecular flexibility index (Phi) is 7.09. The molecule has 4 nitrogen and oxygen atoms in total. The average Bonchev–Trinajstić information content (AvgIpc) is 2.35. The van der Waals surface area contributed by atoms with E-state index in [1.807, 2.05) is 26.0 Å². The van der Waals surface area contributed by atoms with E-state index in [2.05, 4.69) is 23.6 Å². The summed E-state index contributed by atoms with van der Waals surface area (Å²) < 4.78 is 0. The number of anilines is 1. The second-order valence-corrected chi connectivity index (χ2v) is 5.38. The molecule has 1 atom stereocenters. The quantitative estimate of drug-likeness (QED) is 0.717. The highest BCUT2D eigenvalue weighted by Crippen LogP contribution is 2.14. The normalized spacial score (nSPS) is 12.0. The van der Waals surface area contributed by atoms with E-state index in [9.17, 15) is 4.79 Å². The lowest BCUT2D eigenvalue weighted by Crippen LogP contribution is -2.33. The molecule has 20 heavy (non-hydrogen) atoms. The van der Waals surface area contributed by atoms with Crippen molar-refractivity contribution >= 4 is 11.7 Å². The number of hydrogen-bond donors (Lipinski definition) is 3. The van der Waals surface area contributed by atoms with Crippen molar-refractivity contribution < 1.29 is 9.90 Å². The van der Waals surface area contributed by atoms with Gasteiger partial charge in [-0.1, -0.05) is 19.4 Å². The van der Waals surface area contributed by atoms with E-state index >= 15 is 0 Å². The Balaban J connectivity index is 2.46. The molecule has 0 aliphatic heterocycles. The number of aryl methyl sites for hydroxylation is 2. The molecule has 0 aliphatic carbocycles. The minimum absolute atomic E-state index is 0.172. The zero-order valence-electron chi connectivity index (χ0n) is 12.7. The summed E-state index contributed by atoms with van der Waals surface area (Å²) >= 11 is 0. The van der Waals surface area contributed by atoms with Gasteiger partial charge in [0.15, 0.2) is 0 Å². The molecule has 0 saturated heterocycles. The highest BCUT2D eigenvalue weighted by Gasteiger charge is 2.09. The lowest BCUT2D eigenvalue weighted by molar-refractivity contribution is 0.237. The maximum atomic E-state index is 11.9. The van der Waals surface area contributed by atoms with Crippen LogP contribution in [0.4, 0.5) is 10.5 Å². The fourth-order valence-corrected chi connectivity index (χ4v) is 2.40. The lowest BCUT2D eigenvalue weighted by Gasteiger charge is -2.16. The van der Waals surface area contributed by atoms with Gasteiger partial charge in [-0.2, -0.15) is 0 Å². The molecule has 0 aromatic heterocycles. The van der Waals surface area contributed by atoms with Gasteiger partial charge in [-0.3, -0.25) is 0 Å². The Labute approximate surface area is 121 Å². The van der Waals surface area contributed by atoms with E-state index in [4.69, 9.17) is 5.11 Å². The first-order valence-electron chi connectivity index (χ1n) is 7.29. The van der Waals surface area contributed by atoms with Gasteiger partial charge in [-0.25, -0.2) is 4.79 Å². The number of nitrogens with one attached hydrogen (secondary N) is 2. The van der Waals surface area contributed by atoms with E-state index < -0.39 is 0 Å². The zero-order valence-corrected chi connectivity index (χ0v) is 12.7. The zero-order chi connectivity index (χ0) is 15.0. The van der Waals surface area contributed by atoms with Crippen LogP contribution < -0.4 is 10.6 Å². The van der Waals surface area contributed by atoms with Crippen LogP contribution in [0.2, 0.25) is 0 Å². The third-order valence-corrected chi connectivity index (χ3v) is 3.27. The van der Waals surface area contributed by atoms with Crippen LogP contribution in [-0.4, -0.2) is 24.3 Å². The van der Waals surface area contributed by atoms with E-state index in [0.29, 0.717) is 12.5 Å². The molecule has 1 aromatic rings. The van der Waals surface area contributed by atoms with E-state index in [-0.39, 0.29) is 12.6 Å². The SMILES string of the molecule is CCCC(CCO)CNC(=O)Nc1cc(C)cc(C)c1. The molecule has 0 aliphatic rings. The lowest BCUT2D eigenvalue weighted by atomic mass is 10.0. The number of rotatable bonds is 7. The first-order valence-corrected chi connectivity index (χ1v) is 7.29. The molecule has 3 N–H and O–H groups in total. The number of urea groups is 1. The number of aliphatic hydroxyl groups excluding tert-OH is 1. The molecule has 0 heterocycles. The van der Waals surface area contributed by atoms with Crippen molar-refractivity contribution in [2.45, 2.75) is 40.0 Å². The predicted molar refractivity (Wildman–Crippen MR) is 83.0 cm³/mol. The van der Waals surface area contributed by atoms with E-state index in [1.165, 1.54) is 0 Å². The summed E-state index contributed by atoms with van der Waals surface area (Å²) in [4.78, 5) is 11.9. The summed E-state index contributed by atoms with van der Waals surface area (Å²) in [7, 11) is 0. The molecule has 0 spiro atoms. The third-order valence-electron chi connectivity index (χ3n) is 3.27. The fraction of sp³-hybridized carbons (Fsp3) is 0.562. The molecule has 1 rings (SSSR count). The Morgan fingerprint density at radius 2 is 1.85 bits per heavy atom. The van der Waals surface area contributed by atoms with E-state index in [0.717, 1.165) is 36.1 Å². The molecule has 0 saturated carbocycles. The van der Waals surface area contributed by atoms with Crippen LogP contribution in [0.1, 0.15) is 37.3 Å². The standard InChI is InChI=1S/C16H26N2O2/c1-4-5-14(6-7-19)11-17-16(20)18-15-9-12(2)8-13(3)10-15/h8-10,14,19H,4-7,11H2,1-3H3,(H2,17,18,20). The Morgan fingerprint density at radius 1 is 1.20 bits per heavy atom. The molecule has 2 amide bonds. The first kappa shape index (κ1) is 16.5. The van der Waals surface area contributed by atoms with Crippen molar-refractivity contribution in [1.29, 1.82) is 0 Å². The van der Waals surface area contributed by atoms with Crippen molar-refractivity contribution in [3.05, 3.63) is 29.3 Å². The van der Waals surface area contributed by atoms with Gasteiger partial charge < -0.3 is 15.7 Å².